The minimum Gasteiger partial charge on any atom is -0.480 e. The van der Waals surface area contributed by atoms with Crippen LogP contribution in [-0.2, 0) is 4.79 Å². The number of carbonyl (C=O) groups excluding carboxylic acids is 1. The molecule has 0 unspecified atom stereocenters. The molecule has 0 atom stereocenters. The van der Waals surface area contributed by atoms with E-state index in [-0.39, 0.29) is 12.3 Å². The Bertz CT molecular complexity index is 687. The predicted octanol–water partition coefficient (Wildman–Crippen LogP) is 3.23. The molecule has 0 aliphatic carbocycles. The number of amides is 1. The molecule has 22 heavy (non-hydrogen) atoms. The van der Waals surface area contributed by atoms with Gasteiger partial charge in [-0.15, -0.1) is 0 Å². The van der Waals surface area contributed by atoms with Crippen LogP contribution in [-0.4, -0.2) is 35.5 Å². The van der Waals surface area contributed by atoms with Crippen molar-refractivity contribution in [3.63, 3.8) is 0 Å². The Labute approximate surface area is 129 Å². The topological polar surface area (TPSA) is 70.8 Å². The highest BCUT2D eigenvalue weighted by molar-refractivity contribution is 5.93. The molecule has 0 saturated heterocycles. The third-order valence-corrected chi connectivity index (χ3v) is 3.37. The van der Waals surface area contributed by atoms with Gasteiger partial charge in [0.25, 0.3) is 5.91 Å². The summed E-state index contributed by atoms with van der Waals surface area (Å²) in [7, 11) is 1.43. The number of aliphatic carboxylic acids is 1. The van der Waals surface area contributed by atoms with Crippen LogP contribution in [0.25, 0.3) is 11.3 Å². The molecule has 1 N–H and O–H groups in total. The summed E-state index contributed by atoms with van der Waals surface area (Å²) in [6.07, 6.45) is 0. The predicted molar refractivity (Wildman–Crippen MR) is 82.8 cm³/mol. The van der Waals surface area contributed by atoms with Crippen LogP contribution in [0, 0.1) is 0 Å². The highest BCUT2D eigenvalue weighted by Gasteiger charge is 2.18. The Balaban J connectivity index is 2.23. The number of hydrogen-bond acceptors (Lipinski definition) is 3. The summed E-state index contributed by atoms with van der Waals surface area (Å²) in [6, 6.07) is 11.2. The number of rotatable bonds is 5. The highest BCUT2D eigenvalue weighted by atomic mass is 16.4. The van der Waals surface area contributed by atoms with Crippen molar-refractivity contribution in [2.75, 3.05) is 13.6 Å². The molecule has 2 rings (SSSR count). The Morgan fingerprint density at radius 2 is 1.95 bits per heavy atom. The van der Waals surface area contributed by atoms with E-state index in [0.717, 1.165) is 10.5 Å². The van der Waals surface area contributed by atoms with Crippen molar-refractivity contribution >= 4 is 11.9 Å². The Kier molecular flexibility index (Phi) is 4.65. The number of nitrogens with zero attached hydrogens (tertiary/aromatic N) is 1. The molecule has 1 aromatic carbocycles. The number of likely N-dealkylation sites (N-methyl/N-ethyl adjacent to an activating group) is 1. The van der Waals surface area contributed by atoms with Crippen molar-refractivity contribution in [1.82, 2.24) is 4.90 Å². The van der Waals surface area contributed by atoms with Gasteiger partial charge in [-0.3, -0.25) is 9.59 Å². The smallest absolute Gasteiger partial charge is 0.323 e. The van der Waals surface area contributed by atoms with Gasteiger partial charge in [0.05, 0.1) is 0 Å². The Morgan fingerprint density at radius 3 is 2.59 bits per heavy atom. The standard InChI is InChI=1S/C17H19NO4/c1-11(2)12-5-4-6-13(9-12)14-7-8-15(22-14)17(21)18(3)10-16(19)20/h4-9,11H,10H2,1-3H3,(H,19,20). The highest BCUT2D eigenvalue weighted by Crippen LogP contribution is 2.26. The minimum atomic E-state index is -1.06. The van der Waals surface area contributed by atoms with Crippen molar-refractivity contribution in [2.24, 2.45) is 0 Å². The van der Waals surface area contributed by atoms with E-state index in [0.29, 0.717) is 11.7 Å². The molecule has 0 saturated carbocycles. The fourth-order valence-electron chi connectivity index (χ4n) is 2.12. The van der Waals surface area contributed by atoms with E-state index in [4.69, 9.17) is 9.52 Å². The summed E-state index contributed by atoms with van der Waals surface area (Å²) >= 11 is 0. The average molecular weight is 301 g/mol. The molecule has 1 heterocycles. The fourth-order valence-corrected chi connectivity index (χ4v) is 2.12. The fraction of sp³-hybridized carbons (Fsp3) is 0.294. The SMILES string of the molecule is CC(C)c1cccc(-c2ccc(C(=O)N(C)CC(=O)O)o2)c1. The molecule has 0 aliphatic heterocycles. The van der Waals surface area contributed by atoms with E-state index < -0.39 is 11.9 Å². The van der Waals surface area contributed by atoms with Crippen LogP contribution in [0.5, 0.6) is 0 Å². The van der Waals surface area contributed by atoms with Crippen molar-refractivity contribution < 1.29 is 19.1 Å². The van der Waals surface area contributed by atoms with E-state index in [9.17, 15) is 9.59 Å². The first-order valence-corrected chi connectivity index (χ1v) is 7.06. The molecule has 5 nitrogen and oxygen atoms in total. The van der Waals surface area contributed by atoms with Crippen LogP contribution in [0.1, 0.15) is 35.9 Å². The van der Waals surface area contributed by atoms with Gasteiger partial charge in [-0.05, 0) is 29.7 Å². The van der Waals surface area contributed by atoms with Gasteiger partial charge in [0.2, 0.25) is 0 Å². The number of furan rings is 1. The van der Waals surface area contributed by atoms with Gasteiger partial charge in [-0.1, -0.05) is 32.0 Å². The Morgan fingerprint density at radius 1 is 1.23 bits per heavy atom. The molecule has 2 aromatic rings. The third kappa shape index (κ3) is 3.55. The van der Waals surface area contributed by atoms with Crippen LogP contribution in [0.15, 0.2) is 40.8 Å². The van der Waals surface area contributed by atoms with E-state index in [2.05, 4.69) is 13.8 Å². The van der Waals surface area contributed by atoms with Gasteiger partial charge < -0.3 is 14.4 Å². The maximum absolute atomic E-state index is 12.1. The van der Waals surface area contributed by atoms with E-state index in [1.165, 1.54) is 12.6 Å². The number of carboxylic acids is 1. The lowest BCUT2D eigenvalue weighted by Crippen LogP contribution is -2.31. The van der Waals surface area contributed by atoms with Crippen molar-refractivity contribution in [2.45, 2.75) is 19.8 Å². The molecule has 0 spiro atoms. The number of carbonyl (C=O) groups is 2. The number of carboxylic acid groups (broad SMARTS) is 1. The van der Waals surface area contributed by atoms with Gasteiger partial charge in [0.15, 0.2) is 5.76 Å². The average Bonchev–Trinajstić information content (AvgIpc) is 2.95. The number of benzene rings is 1. The lowest BCUT2D eigenvalue weighted by atomic mass is 10.0. The van der Waals surface area contributed by atoms with Crippen LogP contribution < -0.4 is 0 Å². The van der Waals surface area contributed by atoms with Crippen molar-refractivity contribution in [3.05, 3.63) is 47.7 Å². The van der Waals surface area contributed by atoms with Gasteiger partial charge in [0, 0.05) is 12.6 Å². The number of hydrogen-bond donors (Lipinski definition) is 1. The summed E-state index contributed by atoms with van der Waals surface area (Å²) in [4.78, 5) is 23.8. The molecular weight excluding hydrogens is 282 g/mol. The molecule has 1 amide bonds. The van der Waals surface area contributed by atoms with E-state index in [1.807, 2.05) is 24.3 Å². The first-order valence-electron chi connectivity index (χ1n) is 7.06. The lowest BCUT2D eigenvalue weighted by molar-refractivity contribution is -0.137. The lowest BCUT2D eigenvalue weighted by Gasteiger charge is -2.12. The van der Waals surface area contributed by atoms with Gasteiger partial charge in [-0.2, -0.15) is 0 Å². The molecule has 0 aliphatic rings. The second-order valence-corrected chi connectivity index (χ2v) is 5.50. The summed E-state index contributed by atoms with van der Waals surface area (Å²) in [6.45, 7) is 3.85. The molecule has 0 radical (unpaired) electrons. The second-order valence-electron chi connectivity index (χ2n) is 5.50. The molecule has 0 bridgehead atoms. The maximum atomic E-state index is 12.1. The zero-order valence-corrected chi connectivity index (χ0v) is 12.9. The Hall–Kier alpha value is -2.56. The molecule has 116 valence electrons. The normalized spacial score (nSPS) is 10.7. The van der Waals surface area contributed by atoms with Crippen molar-refractivity contribution in [1.29, 1.82) is 0 Å². The first-order chi connectivity index (χ1) is 10.4. The van der Waals surface area contributed by atoms with Gasteiger partial charge in [0.1, 0.15) is 12.3 Å². The third-order valence-electron chi connectivity index (χ3n) is 3.37. The van der Waals surface area contributed by atoms with Crippen LogP contribution >= 0.6 is 0 Å². The molecule has 0 fully saturated rings. The second kappa shape index (κ2) is 6.47. The molecular formula is C17H19NO4. The maximum Gasteiger partial charge on any atom is 0.323 e. The molecule has 5 heteroatoms. The van der Waals surface area contributed by atoms with E-state index in [1.54, 1.807) is 12.1 Å². The van der Waals surface area contributed by atoms with Gasteiger partial charge >= 0.3 is 5.97 Å². The molecule has 1 aromatic heterocycles. The zero-order chi connectivity index (χ0) is 16.3. The first kappa shape index (κ1) is 15.8. The summed E-state index contributed by atoms with van der Waals surface area (Å²) in [5, 5.41) is 8.72. The van der Waals surface area contributed by atoms with Crippen LogP contribution in [0.2, 0.25) is 0 Å². The summed E-state index contributed by atoms with van der Waals surface area (Å²) in [5.41, 5.74) is 2.08. The van der Waals surface area contributed by atoms with Crippen molar-refractivity contribution in [3.8, 4) is 11.3 Å². The van der Waals surface area contributed by atoms with Crippen LogP contribution in [0.4, 0.5) is 0 Å². The van der Waals surface area contributed by atoms with E-state index >= 15 is 0 Å². The quantitative estimate of drug-likeness (QED) is 0.920. The summed E-state index contributed by atoms with van der Waals surface area (Å²) in [5.74, 6) is -0.387. The monoisotopic (exact) mass is 301 g/mol. The van der Waals surface area contributed by atoms with Crippen LogP contribution in [0.3, 0.4) is 0 Å². The van der Waals surface area contributed by atoms with Gasteiger partial charge in [-0.25, -0.2) is 0 Å². The minimum absolute atomic E-state index is 0.133. The zero-order valence-electron chi connectivity index (χ0n) is 12.9. The largest absolute Gasteiger partial charge is 0.480 e. The summed E-state index contributed by atoms with van der Waals surface area (Å²) < 4.78 is 5.58.